The van der Waals surface area contributed by atoms with Crippen molar-refractivity contribution in [2.45, 2.75) is 12.5 Å². The molecule has 0 saturated heterocycles. The molecule has 13 heavy (non-hydrogen) atoms. The molecule has 0 spiro atoms. The summed E-state index contributed by atoms with van der Waals surface area (Å²) in [5.74, 6) is -0.316. The summed E-state index contributed by atoms with van der Waals surface area (Å²) < 4.78 is 13.7. The Kier molecular flexibility index (Phi) is 3.63. The first kappa shape index (κ1) is 10.4. The van der Waals surface area contributed by atoms with E-state index in [4.69, 9.17) is 11.0 Å². The van der Waals surface area contributed by atoms with E-state index in [1.165, 1.54) is 12.1 Å². The zero-order valence-corrected chi connectivity index (χ0v) is 8.95. The highest BCUT2D eigenvalue weighted by Gasteiger charge is 2.09. The van der Waals surface area contributed by atoms with Gasteiger partial charge in [-0.1, -0.05) is 0 Å². The molecule has 0 aliphatic rings. The number of nitriles is 1. The molecule has 0 amide bonds. The number of hydrogen-bond donors (Lipinski definition) is 1. The molecular weight excluding hydrogens is 282 g/mol. The molecule has 1 aromatic rings. The van der Waals surface area contributed by atoms with Crippen molar-refractivity contribution in [2.24, 2.45) is 5.73 Å². The van der Waals surface area contributed by atoms with E-state index >= 15 is 0 Å². The van der Waals surface area contributed by atoms with Gasteiger partial charge in [0.15, 0.2) is 0 Å². The SMILES string of the molecule is N#CCC(N)c1cc(F)ccc1I. The Balaban J connectivity index is 3.00. The van der Waals surface area contributed by atoms with E-state index in [0.29, 0.717) is 5.56 Å². The molecule has 0 fully saturated rings. The zero-order chi connectivity index (χ0) is 9.84. The maximum absolute atomic E-state index is 12.8. The Bertz CT molecular complexity index is 346. The van der Waals surface area contributed by atoms with Crippen LogP contribution in [0.1, 0.15) is 18.0 Å². The Morgan fingerprint density at radius 2 is 2.31 bits per heavy atom. The lowest BCUT2D eigenvalue weighted by Gasteiger charge is -2.09. The summed E-state index contributed by atoms with van der Waals surface area (Å²) in [6, 6.07) is 5.98. The molecule has 0 bridgehead atoms. The maximum atomic E-state index is 12.8. The summed E-state index contributed by atoms with van der Waals surface area (Å²) in [7, 11) is 0. The van der Waals surface area contributed by atoms with Gasteiger partial charge in [0.1, 0.15) is 5.82 Å². The summed E-state index contributed by atoms with van der Waals surface area (Å²) in [4.78, 5) is 0. The first-order valence-corrected chi connectivity index (χ1v) is 4.80. The normalized spacial score (nSPS) is 12.2. The average molecular weight is 290 g/mol. The van der Waals surface area contributed by atoms with E-state index in [1.54, 1.807) is 6.07 Å². The first-order chi connectivity index (χ1) is 6.15. The summed E-state index contributed by atoms with van der Waals surface area (Å²) in [5.41, 5.74) is 6.38. The molecule has 0 aliphatic carbocycles. The molecule has 2 N–H and O–H groups in total. The van der Waals surface area contributed by atoms with Gasteiger partial charge < -0.3 is 5.73 Å². The Labute approximate surface area is 89.7 Å². The van der Waals surface area contributed by atoms with E-state index in [9.17, 15) is 4.39 Å². The van der Waals surface area contributed by atoms with Crippen LogP contribution < -0.4 is 5.73 Å². The predicted molar refractivity (Wildman–Crippen MR) is 56.3 cm³/mol. The fourth-order valence-corrected chi connectivity index (χ4v) is 1.74. The van der Waals surface area contributed by atoms with Crippen LogP contribution >= 0.6 is 22.6 Å². The highest BCUT2D eigenvalue weighted by atomic mass is 127. The van der Waals surface area contributed by atoms with Crippen molar-refractivity contribution < 1.29 is 4.39 Å². The fraction of sp³-hybridized carbons (Fsp3) is 0.222. The number of benzene rings is 1. The number of halogens is 2. The summed E-state index contributed by atoms with van der Waals surface area (Å²) in [5, 5.41) is 8.43. The van der Waals surface area contributed by atoms with Crippen molar-refractivity contribution in [1.82, 2.24) is 0 Å². The zero-order valence-electron chi connectivity index (χ0n) is 6.80. The lowest BCUT2D eigenvalue weighted by molar-refractivity contribution is 0.619. The van der Waals surface area contributed by atoms with Crippen LogP contribution in [0.25, 0.3) is 0 Å². The van der Waals surface area contributed by atoms with Crippen molar-refractivity contribution >= 4 is 22.6 Å². The molecule has 1 unspecified atom stereocenters. The van der Waals surface area contributed by atoms with Crippen LogP contribution in [0.15, 0.2) is 18.2 Å². The molecule has 4 heteroatoms. The van der Waals surface area contributed by atoms with E-state index < -0.39 is 6.04 Å². The molecule has 1 rings (SSSR count). The van der Waals surface area contributed by atoms with Crippen LogP contribution in [-0.4, -0.2) is 0 Å². The van der Waals surface area contributed by atoms with Crippen LogP contribution in [0.5, 0.6) is 0 Å². The number of rotatable bonds is 2. The van der Waals surface area contributed by atoms with Crippen molar-refractivity contribution in [3.63, 3.8) is 0 Å². The molecular formula is C9H8FIN2. The third-order valence-electron chi connectivity index (χ3n) is 1.67. The van der Waals surface area contributed by atoms with E-state index in [-0.39, 0.29) is 12.2 Å². The lowest BCUT2D eigenvalue weighted by Crippen LogP contribution is -2.11. The Hall–Kier alpha value is -0.670. The van der Waals surface area contributed by atoms with Crippen LogP contribution in [0.3, 0.4) is 0 Å². The van der Waals surface area contributed by atoms with Gasteiger partial charge in [0, 0.05) is 9.61 Å². The van der Waals surface area contributed by atoms with Gasteiger partial charge in [-0.2, -0.15) is 5.26 Å². The largest absolute Gasteiger partial charge is 0.323 e. The van der Waals surface area contributed by atoms with Gasteiger partial charge in [-0.25, -0.2) is 4.39 Å². The second-order valence-corrected chi connectivity index (χ2v) is 3.80. The van der Waals surface area contributed by atoms with Gasteiger partial charge in [0.2, 0.25) is 0 Å². The molecule has 2 nitrogen and oxygen atoms in total. The summed E-state index contributed by atoms with van der Waals surface area (Å²) in [6.07, 6.45) is 0.208. The molecule has 1 aromatic carbocycles. The summed E-state index contributed by atoms with van der Waals surface area (Å²) >= 11 is 2.08. The third kappa shape index (κ3) is 2.64. The van der Waals surface area contributed by atoms with Crippen molar-refractivity contribution in [1.29, 1.82) is 5.26 Å². The highest BCUT2D eigenvalue weighted by molar-refractivity contribution is 14.1. The smallest absolute Gasteiger partial charge is 0.123 e. The minimum Gasteiger partial charge on any atom is -0.323 e. The fourth-order valence-electron chi connectivity index (χ4n) is 1.01. The van der Waals surface area contributed by atoms with Crippen LogP contribution in [0.4, 0.5) is 4.39 Å². The topological polar surface area (TPSA) is 49.8 Å². The lowest BCUT2D eigenvalue weighted by atomic mass is 10.1. The van der Waals surface area contributed by atoms with Crippen LogP contribution in [0, 0.1) is 20.7 Å². The molecule has 0 radical (unpaired) electrons. The van der Waals surface area contributed by atoms with Crippen molar-refractivity contribution in [3.8, 4) is 6.07 Å². The second-order valence-electron chi connectivity index (χ2n) is 2.63. The van der Waals surface area contributed by atoms with Gasteiger partial charge >= 0.3 is 0 Å². The van der Waals surface area contributed by atoms with Crippen LogP contribution in [0.2, 0.25) is 0 Å². The van der Waals surface area contributed by atoms with Gasteiger partial charge in [-0.15, -0.1) is 0 Å². The third-order valence-corrected chi connectivity index (χ3v) is 2.65. The standard InChI is InChI=1S/C9H8FIN2/c10-6-1-2-8(11)7(5-6)9(13)3-4-12/h1-2,5,9H,3,13H2. The van der Waals surface area contributed by atoms with Crippen LogP contribution in [-0.2, 0) is 0 Å². The second kappa shape index (κ2) is 4.53. The number of nitrogens with two attached hydrogens (primary N) is 1. The molecule has 1 atom stereocenters. The van der Waals surface area contributed by atoms with Crippen molar-refractivity contribution in [3.05, 3.63) is 33.1 Å². The van der Waals surface area contributed by atoms with Gasteiger partial charge in [0.05, 0.1) is 12.5 Å². The predicted octanol–water partition coefficient (Wildman–Crippen LogP) is 2.34. The van der Waals surface area contributed by atoms with Gasteiger partial charge in [-0.05, 0) is 46.4 Å². The highest BCUT2D eigenvalue weighted by Crippen LogP contribution is 2.21. The monoisotopic (exact) mass is 290 g/mol. The van der Waals surface area contributed by atoms with E-state index in [2.05, 4.69) is 22.6 Å². The Morgan fingerprint density at radius 1 is 1.62 bits per heavy atom. The number of nitrogens with zero attached hydrogens (tertiary/aromatic N) is 1. The molecule has 0 aromatic heterocycles. The quantitative estimate of drug-likeness (QED) is 0.850. The molecule has 68 valence electrons. The molecule has 0 aliphatic heterocycles. The number of hydrogen-bond acceptors (Lipinski definition) is 2. The maximum Gasteiger partial charge on any atom is 0.123 e. The van der Waals surface area contributed by atoms with Crippen molar-refractivity contribution in [2.75, 3.05) is 0 Å². The minimum absolute atomic E-state index is 0.208. The molecule has 0 heterocycles. The first-order valence-electron chi connectivity index (χ1n) is 3.72. The van der Waals surface area contributed by atoms with Gasteiger partial charge in [0.25, 0.3) is 0 Å². The van der Waals surface area contributed by atoms with Gasteiger partial charge in [-0.3, -0.25) is 0 Å². The van der Waals surface area contributed by atoms with E-state index in [0.717, 1.165) is 3.57 Å². The Morgan fingerprint density at radius 3 is 2.92 bits per heavy atom. The average Bonchev–Trinajstić information content (AvgIpc) is 2.09. The minimum atomic E-state index is -0.396. The van der Waals surface area contributed by atoms with E-state index in [1.807, 2.05) is 6.07 Å². The molecule has 0 saturated carbocycles. The summed E-state index contributed by atoms with van der Waals surface area (Å²) in [6.45, 7) is 0.